The Labute approximate surface area is 142 Å². The topological polar surface area (TPSA) is 63.8 Å². The second-order valence-electron chi connectivity index (χ2n) is 5.60. The van der Waals surface area contributed by atoms with Crippen molar-refractivity contribution in [2.75, 3.05) is 6.61 Å². The van der Waals surface area contributed by atoms with Crippen LogP contribution in [0.25, 0.3) is 0 Å². The van der Waals surface area contributed by atoms with Gasteiger partial charge < -0.3 is 9.15 Å². The maximum absolute atomic E-state index is 11.7. The van der Waals surface area contributed by atoms with E-state index in [1.807, 2.05) is 24.3 Å². The molecule has 0 radical (unpaired) electrons. The standard InChI is InChI=1S/C17H17BrN2O3/c1-11-8-15(11)16-7-6-14(23-16)9-19-20-17(21)10-22-13-4-2-12(18)3-5-13/h2-7,9,11,15H,8,10H2,1H3,(H,20,21)/b19-9-/t11-,15-/m1/s1. The number of carbonyl (C=O) groups excluding carboxylic acids is 1. The van der Waals surface area contributed by atoms with Gasteiger partial charge in [0.1, 0.15) is 17.3 Å². The van der Waals surface area contributed by atoms with Crippen molar-refractivity contribution in [2.45, 2.75) is 19.3 Å². The van der Waals surface area contributed by atoms with Crippen molar-refractivity contribution in [1.29, 1.82) is 0 Å². The molecule has 1 aliphatic carbocycles. The number of ether oxygens (including phenoxy) is 1. The fourth-order valence-electron chi connectivity index (χ4n) is 2.24. The zero-order valence-electron chi connectivity index (χ0n) is 12.7. The molecule has 6 heteroatoms. The SMILES string of the molecule is C[C@@H]1C[C@H]1c1ccc(/C=N\NC(=O)COc2ccc(Br)cc2)o1. The van der Waals surface area contributed by atoms with Gasteiger partial charge in [-0.2, -0.15) is 5.10 Å². The first kappa shape index (κ1) is 15.8. The van der Waals surface area contributed by atoms with Crippen LogP contribution < -0.4 is 10.2 Å². The van der Waals surface area contributed by atoms with Gasteiger partial charge in [0.25, 0.3) is 5.91 Å². The van der Waals surface area contributed by atoms with Gasteiger partial charge in [-0.15, -0.1) is 0 Å². The molecule has 1 aromatic carbocycles. The summed E-state index contributed by atoms with van der Waals surface area (Å²) in [5.41, 5.74) is 2.41. The summed E-state index contributed by atoms with van der Waals surface area (Å²) in [4.78, 5) is 11.7. The van der Waals surface area contributed by atoms with Gasteiger partial charge in [0.2, 0.25) is 0 Å². The summed E-state index contributed by atoms with van der Waals surface area (Å²) >= 11 is 3.34. The second kappa shape index (κ2) is 7.00. The first-order valence-corrected chi connectivity index (χ1v) is 8.21. The first-order valence-electron chi connectivity index (χ1n) is 7.42. The van der Waals surface area contributed by atoms with E-state index in [0.29, 0.717) is 23.3 Å². The van der Waals surface area contributed by atoms with Gasteiger partial charge >= 0.3 is 0 Å². The summed E-state index contributed by atoms with van der Waals surface area (Å²) in [6.07, 6.45) is 2.67. The monoisotopic (exact) mass is 376 g/mol. The van der Waals surface area contributed by atoms with E-state index in [2.05, 4.69) is 33.4 Å². The number of nitrogens with one attached hydrogen (secondary N) is 1. The molecule has 1 fully saturated rings. The van der Waals surface area contributed by atoms with E-state index in [4.69, 9.17) is 9.15 Å². The minimum Gasteiger partial charge on any atom is -0.484 e. The van der Waals surface area contributed by atoms with Gasteiger partial charge in [0.15, 0.2) is 6.61 Å². The molecule has 5 nitrogen and oxygen atoms in total. The molecule has 2 aromatic rings. The Morgan fingerprint density at radius 2 is 2.13 bits per heavy atom. The third-order valence-electron chi connectivity index (χ3n) is 3.69. The molecule has 0 saturated heterocycles. The van der Waals surface area contributed by atoms with Gasteiger partial charge in [-0.05, 0) is 48.7 Å². The van der Waals surface area contributed by atoms with Crippen LogP contribution in [0.5, 0.6) is 5.75 Å². The van der Waals surface area contributed by atoms with Crippen LogP contribution in [0, 0.1) is 5.92 Å². The van der Waals surface area contributed by atoms with Crippen LogP contribution in [0.15, 0.2) is 50.4 Å². The minimum atomic E-state index is -0.327. The number of amides is 1. The molecule has 1 N–H and O–H groups in total. The Morgan fingerprint density at radius 3 is 2.83 bits per heavy atom. The molecule has 0 bridgehead atoms. The number of hydrogen-bond acceptors (Lipinski definition) is 4. The molecule has 3 rings (SSSR count). The normalized spacial score (nSPS) is 19.7. The van der Waals surface area contributed by atoms with Crippen LogP contribution in [0.3, 0.4) is 0 Å². The van der Waals surface area contributed by atoms with E-state index in [0.717, 1.165) is 10.2 Å². The van der Waals surface area contributed by atoms with Gasteiger partial charge in [-0.25, -0.2) is 5.43 Å². The largest absolute Gasteiger partial charge is 0.484 e. The van der Waals surface area contributed by atoms with Gasteiger partial charge in [0, 0.05) is 10.4 Å². The van der Waals surface area contributed by atoms with E-state index in [1.54, 1.807) is 12.1 Å². The molecule has 1 aromatic heterocycles. The summed E-state index contributed by atoms with van der Waals surface area (Å²) in [6.45, 7) is 2.11. The Kier molecular flexibility index (Phi) is 4.81. The Hall–Kier alpha value is -2.08. The summed E-state index contributed by atoms with van der Waals surface area (Å²) in [7, 11) is 0. The molecule has 1 aliphatic rings. The lowest BCUT2D eigenvalue weighted by molar-refractivity contribution is -0.123. The predicted octanol–water partition coefficient (Wildman–Crippen LogP) is 3.69. The molecule has 120 valence electrons. The molecular weight excluding hydrogens is 360 g/mol. The minimum absolute atomic E-state index is 0.0953. The number of carbonyl (C=O) groups is 1. The van der Waals surface area contributed by atoms with Crippen molar-refractivity contribution in [3.8, 4) is 5.75 Å². The molecule has 0 unspecified atom stereocenters. The average molecular weight is 377 g/mol. The quantitative estimate of drug-likeness (QED) is 0.617. The third kappa shape index (κ3) is 4.45. The van der Waals surface area contributed by atoms with Crippen LogP contribution in [0.2, 0.25) is 0 Å². The molecule has 0 spiro atoms. The summed E-state index contributed by atoms with van der Waals surface area (Å²) in [6, 6.07) is 11.1. The predicted molar refractivity (Wildman–Crippen MR) is 90.6 cm³/mol. The van der Waals surface area contributed by atoms with Crippen LogP contribution in [0.4, 0.5) is 0 Å². The summed E-state index contributed by atoms with van der Waals surface area (Å²) < 4.78 is 12.0. The lowest BCUT2D eigenvalue weighted by atomic mass is 10.3. The fraction of sp³-hybridized carbons (Fsp3) is 0.294. The number of hydrazone groups is 1. The zero-order chi connectivity index (χ0) is 16.2. The smallest absolute Gasteiger partial charge is 0.277 e. The Morgan fingerprint density at radius 1 is 1.39 bits per heavy atom. The average Bonchev–Trinajstić information content (AvgIpc) is 3.08. The van der Waals surface area contributed by atoms with Crippen molar-refractivity contribution in [3.05, 3.63) is 52.4 Å². The zero-order valence-corrected chi connectivity index (χ0v) is 14.2. The molecular formula is C17H17BrN2O3. The third-order valence-corrected chi connectivity index (χ3v) is 4.22. The van der Waals surface area contributed by atoms with E-state index in [-0.39, 0.29) is 12.5 Å². The Bertz CT molecular complexity index is 709. The maximum Gasteiger partial charge on any atom is 0.277 e. The lowest BCUT2D eigenvalue weighted by Gasteiger charge is -2.04. The fourth-order valence-corrected chi connectivity index (χ4v) is 2.50. The van der Waals surface area contributed by atoms with E-state index >= 15 is 0 Å². The van der Waals surface area contributed by atoms with Crippen molar-refractivity contribution in [3.63, 3.8) is 0 Å². The van der Waals surface area contributed by atoms with E-state index in [1.165, 1.54) is 12.6 Å². The van der Waals surface area contributed by atoms with Gasteiger partial charge in [0.05, 0.1) is 6.21 Å². The number of furan rings is 1. The molecule has 23 heavy (non-hydrogen) atoms. The van der Waals surface area contributed by atoms with Gasteiger partial charge in [-0.1, -0.05) is 22.9 Å². The molecule has 0 aliphatic heterocycles. The second-order valence-corrected chi connectivity index (χ2v) is 6.51. The molecule has 2 atom stereocenters. The first-order chi connectivity index (χ1) is 11.1. The number of halogens is 1. The molecule has 1 heterocycles. The van der Waals surface area contributed by atoms with Crippen molar-refractivity contribution >= 4 is 28.1 Å². The van der Waals surface area contributed by atoms with Crippen LogP contribution in [-0.2, 0) is 4.79 Å². The van der Waals surface area contributed by atoms with Crippen molar-refractivity contribution in [1.82, 2.24) is 5.43 Å². The van der Waals surface area contributed by atoms with Gasteiger partial charge in [-0.3, -0.25) is 4.79 Å². The maximum atomic E-state index is 11.7. The van der Waals surface area contributed by atoms with Crippen molar-refractivity contribution < 1.29 is 13.9 Å². The highest BCUT2D eigenvalue weighted by molar-refractivity contribution is 9.10. The summed E-state index contributed by atoms with van der Waals surface area (Å²) in [5, 5.41) is 3.87. The number of nitrogens with zero attached hydrogens (tertiary/aromatic N) is 1. The van der Waals surface area contributed by atoms with E-state index < -0.39 is 0 Å². The van der Waals surface area contributed by atoms with Crippen LogP contribution in [-0.4, -0.2) is 18.7 Å². The number of benzene rings is 1. The molecule has 1 amide bonds. The van der Waals surface area contributed by atoms with Crippen LogP contribution in [0.1, 0.15) is 30.8 Å². The highest BCUT2D eigenvalue weighted by Crippen LogP contribution is 2.47. The molecule has 1 saturated carbocycles. The van der Waals surface area contributed by atoms with E-state index in [9.17, 15) is 4.79 Å². The van der Waals surface area contributed by atoms with Crippen molar-refractivity contribution in [2.24, 2.45) is 11.0 Å². The lowest BCUT2D eigenvalue weighted by Crippen LogP contribution is -2.24. The number of rotatable bonds is 6. The highest BCUT2D eigenvalue weighted by Gasteiger charge is 2.36. The Balaban J connectivity index is 1.43. The van der Waals surface area contributed by atoms with Crippen LogP contribution >= 0.6 is 15.9 Å². The highest BCUT2D eigenvalue weighted by atomic mass is 79.9. The summed E-state index contributed by atoms with van der Waals surface area (Å²) in [5.74, 6) is 3.15. The number of hydrogen-bond donors (Lipinski definition) is 1.